The number of benzene rings is 1. The molecular formula is C17H18N2O2. The van der Waals surface area contributed by atoms with Crippen LogP contribution in [0.15, 0.2) is 30.5 Å². The molecule has 0 radical (unpaired) electrons. The van der Waals surface area contributed by atoms with Gasteiger partial charge in [-0.15, -0.1) is 0 Å². The van der Waals surface area contributed by atoms with Gasteiger partial charge in [-0.3, -0.25) is 9.59 Å². The first-order chi connectivity index (χ1) is 10.2. The average molecular weight is 282 g/mol. The normalized spacial score (nSPS) is 25.3. The summed E-state index contributed by atoms with van der Waals surface area (Å²) in [5, 5.41) is 0.970. The van der Waals surface area contributed by atoms with E-state index in [1.807, 2.05) is 35.4 Å². The Hall–Kier alpha value is -2.10. The molecule has 1 N–H and O–H groups in total. The number of hydrogen-bond donors (Lipinski definition) is 1. The SMILES string of the molecule is O=C1CC2CCCC(C1)N2C(=O)c1cccc2[nH]ccc12. The molecule has 2 aromatic rings. The van der Waals surface area contributed by atoms with Crippen molar-refractivity contribution in [3.05, 3.63) is 36.0 Å². The summed E-state index contributed by atoms with van der Waals surface area (Å²) in [4.78, 5) is 30.0. The van der Waals surface area contributed by atoms with Crippen LogP contribution in [0.4, 0.5) is 0 Å². The molecule has 1 aromatic heterocycles. The van der Waals surface area contributed by atoms with Crippen molar-refractivity contribution in [2.75, 3.05) is 0 Å². The van der Waals surface area contributed by atoms with Crippen LogP contribution >= 0.6 is 0 Å². The van der Waals surface area contributed by atoms with E-state index in [0.29, 0.717) is 18.6 Å². The summed E-state index contributed by atoms with van der Waals surface area (Å²) in [6.07, 6.45) is 5.97. The topological polar surface area (TPSA) is 53.2 Å². The minimum absolute atomic E-state index is 0.0856. The molecule has 3 heterocycles. The van der Waals surface area contributed by atoms with E-state index in [1.165, 1.54) is 0 Å². The fourth-order valence-electron chi connectivity index (χ4n) is 3.92. The number of Topliss-reactive ketones (excluding diaryl/α,β-unsaturated/α-hetero) is 1. The van der Waals surface area contributed by atoms with Crippen LogP contribution in [0.3, 0.4) is 0 Å². The summed E-state index contributed by atoms with van der Waals surface area (Å²) < 4.78 is 0. The number of carbonyl (C=O) groups is 2. The second-order valence-corrected chi connectivity index (χ2v) is 6.14. The predicted molar refractivity (Wildman–Crippen MR) is 80.1 cm³/mol. The number of ketones is 1. The fraction of sp³-hybridized carbons (Fsp3) is 0.412. The molecule has 21 heavy (non-hydrogen) atoms. The molecule has 1 amide bonds. The molecule has 2 saturated heterocycles. The van der Waals surface area contributed by atoms with Gasteiger partial charge in [0.25, 0.3) is 5.91 Å². The third-order valence-electron chi connectivity index (χ3n) is 4.85. The summed E-state index contributed by atoms with van der Waals surface area (Å²) in [5.41, 5.74) is 1.74. The smallest absolute Gasteiger partial charge is 0.255 e. The van der Waals surface area contributed by atoms with E-state index >= 15 is 0 Å². The Bertz CT molecular complexity index is 702. The van der Waals surface area contributed by atoms with Gasteiger partial charge in [-0.1, -0.05) is 6.07 Å². The summed E-state index contributed by atoms with van der Waals surface area (Å²) in [6.45, 7) is 0. The van der Waals surface area contributed by atoms with Crippen molar-refractivity contribution < 1.29 is 9.59 Å². The van der Waals surface area contributed by atoms with E-state index < -0.39 is 0 Å². The molecule has 2 bridgehead atoms. The van der Waals surface area contributed by atoms with Crippen LogP contribution < -0.4 is 0 Å². The number of aromatic nitrogens is 1. The highest BCUT2D eigenvalue weighted by Crippen LogP contribution is 2.34. The maximum absolute atomic E-state index is 13.0. The maximum Gasteiger partial charge on any atom is 0.255 e. The number of piperidine rings is 2. The number of amides is 1. The monoisotopic (exact) mass is 282 g/mol. The molecule has 2 unspecified atom stereocenters. The summed E-state index contributed by atoms with van der Waals surface area (Å²) in [5.74, 6) is 0.399. The fourth-order valence-corrected chi connectivity index (χ4v) is 3.92. The second kappa shape index (κ2) is 4.72. The Morgan fingerprint density at radius 2 is 1.90 bits per heavy atom. The van der Waals surface area contributed by atoms with E-state index in [2.05, 4.69) is 4.98 Å². The molecule has 4 heteroatoms. The predicted octanol–water partition coefficient (Wildman–Crippen LogP) is 2.89. The van der Waals surface area contributed by atoms with Gasteiger partial charge in [0.05, 0.1) is 0 Å². The number of rotatable bonds is 1. The second-order valence-electron chi connectivity index (χ2n) is 6.14. The Morgan fingerprint density at radius 3 is 2.67 bits per heavy atom. The van der Waals surface area contributed by atoms with Gasteiger partial charge in [0, 0.05) is 47.6 Å². The van der Waals surface area contributed by atoms with Crippen molar-refractivity contribution in [1.82, 2.24) is 9.88 Å². The van der Waals surface area contributed by atoms with Gasteiger partial charge in [0.2, 0.25) is 0 Å². The van der Waals surface area contributed by atoms with E-state index in [-0.39, 0.29) is 18.0 Å². The van der Waals surface area contributed by atoms with E-state index in [9.17, 15) is 9.59 Å². The Balaban J connectivity index is 1.74. The molecule has 2 fully saturated rings. The van der Waals surface area contributed by atoms with Gasteiger partial charge in [0.1, 0.15) is 5.78 Å². The zero-order chi connectivity index (χ0) is 14.4. The lowest BCUT2D eigenvalue weighted by Gasteiger charge is -2.45. The molecule has 4 rings (SSSR count). The van der Waals surface area contributed by atoms with Crippen LogP contribution in [0, 0.1) is 0 Å². The highest BCUT2D eigenvalue weighted by Gasteiger charge is 2.40. The summed E-state index contributed by atoms with van der Waals surface area (Å²) >= 11 is 0. The highest BCUT2D eigenvalue weighted by molar-refractivity contribution is 6.07. The standard InChI is InChI=1S/C17H18N2O2/c20-13-9-11-3-1-4-12(10-13)19(11)17(21)15-5-2-6-16-14(15)7-8-18-16/h2,5-8,11-12,18H,1,3-4,9-10H2. The number of carbonyl (C=O) groups excluding carboxylic acids is 2. The lowest BCUT2D eigenvalue weighted by atomic mass is 9.83. The minimum atomic E-state index is 0.0856. The van der Waals surface area contributed by atoms with Crippen LogP contribution in [-0.2, 0) is 4.79 Å². The van der Waals surface area contributed by atoms with Crippen LogP contribution in [0.1, 0.15) is 42.5 Å². The minimum Gasteiger partial charge on any atom is -0.361 e. The molecule has 2 atom stereocenters. The molecule has 0 spiro atoms. The summed E-state index contributed by atoms with van der Waals surface area (Å²) in [6, 6.07) is 7.94. The molecule has 4 nitrogen and oxygen atoms in total. The Morgan fingerprint density at radius 1 is 1.14 bits per heavy atom. The summed E-state index contributed by atoms with van der Waals surface area (Å²) in [7, 11) is 0. The van der Waals surface area contributed by atoms with Crippen molar-refractivity contribution in [3.8, 4) is 0 Å². The number of hydrogen-bond acceptors (Lipinski definition) is 2. The van der Waals surface area contributed by atoms with Crippen LogP contribution in [0.25, 0.3) is 10.9 Å². The number of nitrogens with one attached hydrogen (secondary N) is 1. The van der Waals surface area contributed by atoms with Crippen molar-refractivity contribution >= 4 is 22.6 Å². The zero-order valence-electron chi connectivity index (χ0n) is 11.8. The molecular weight excluding hydrogens is 264 g/mol. The van der Waals surface area contributed by atoms with E-state index in [4.69, 9.17) is 0 Å². The lowest BCUT2D eigenvalue weighted by Crippen LogP contribution is -2.54. The van der Waals surface area contributed by atoms with Crippen LogP contribution in [0.2, 0.25) is 0 Å². The Labute approximate surface area is 123 Å². The van der Waals surface area contributed by atoms with Gasteiger partial charge < -0.3 is 9.88 Å². The van der Waals surface area contributed by atoms with Gasteiger partial charge in [-0.2, -0.15) is 0 Å². The van der Waals surface area contributed by atoms with Crippen molar-refractivity contribution in [1.29, 1.82) is 0 Å². The number of nitrogens with zero attached hydrogens (tertiary/aromatic N) is 1. The molecule has 2 aliphatic rings. The van der Waals surface area contributed by atoms with Crippen molar-refractivity contribution in [2.24, 2.45) is 0 Å². The van der Waals surface area contributed by atoms with Gasteiger partial charge in [0.15, 0.2) is 0 Å². The van der Waals surface area contributed by atoms with Gasteiger partial charge in [-0.25, -0.2) is 0 Å². The third kappa shape index (κ3) is 1.97. The van der Waals surface area contributed by atoms with Crippen molar-refractivity contribution in [2.45, 2.75) is 44.2 Å². The zero-order valence-corrected chi connectivity index (χ0v) is 11.8. The number of aromatic amines is 1. The highest BCUT2D eigenvalue weighted by atomic mass is 16.2. The number of fused-ring (bicyclic) bond motifs is 3. The molecule has 0 aliphatic carbocycles. The van der Waals surface area contributed by atoms with Gasteiger partial charge >= 0.3 is 0 Å². The largest absolute Gasteiger partial charge is 0.361 e. The maximum atomic E-state index is 13.0. The quantitative estimate of drug-likeness (QED) is 0.874. The average Bonchev–Trinajstić information content (AvgIpc) is 2.93. The van der Waals surface area contributed by atoms with Crippen LogP contribution in [-0.4, -0.2) is 33.7 Å². The first kappa shape index (κ1) is 12.6. The van der Waals surface area contributed by atoms with Crippen LogP contribution in [0.5, 0.6) is 0 Å². The molecule has 1 aromatic carbocycles. The first-order valence-electron chi connectivity index (χ1n) is 7.64. The first-order valence-corrected chi connectivity index (χ1v) is 7.64. The Kier molecular flexibility index (Phi) is 2.84. The lowest BCUT2D eigenvalue weighted by molar-refractivity contribution is -0.125. The van der Waals surface area contributed by atoms with E-state index in [0.717, 1.165) is 35.7 Å². The van der Waals surface area contributed by atoms with Gasteiger partial charge in [-0.05, 0) is 37.5 Å². The number of H-pyrrole nitrogens is 1. The van der Waals surface area contributed by atoms with Crippen molar-refractivity contribution in [3.63, 3.8) is 0 Å². The van der Waals surface area contributed by atoms with E-state index in [1.54, 1.807) is 0 Å². The third-order valence-corrected chi connectivity index (χ3v) is 4.85. The molecule has 2 aliphatic heterocycles. The molecule has 0 saturated carbocycles. The molecule has 108 valence electrons.